The first-order valence-electron chi connectivity index (χ1n) is 8.46. The molecule has 132 valence electrons. The molecule has 2 aromatic rings. The average Bonchev–Trinajstić information content (AvgIpc) is 3.03. The fraction of sp³-hybridized carbons (Fsp3) is 0.421. The minimum absolute atomic E-state index is 0.0895. The molecule has 1 N–H and O–H groups in total. The molecule has 6 heteroatoms. The van der Waals surface area contributed by atoms with Crippen LogP contribution in [0.5, 0.6) is 0 Å². The molecule has 2 amide bonds. The van der Waals surface area contributed by atoms with Crippen molar-refractivity contribution in [2.75, 3.05) is 27.3 Å². The number of amides is 2. The van der Waals surface area contributed by atoms with E-state index in [1.807, 2.05) is 30.3 Å². The summed E-state index contributed by atoms with van der Waals surface area (Å²) < 4.78 is 5.37. The Morgan fingerprint density at radius 2 is 2.16 bits per heavy atom. The van der Waals surface area contributed by atoms with Crippen molar-refractivity contribution < 1.29 is 14.3 Å². The van der Waals surface area contributed by atoms with Gasteiger partial charge in [-0.05, 0) is 25.0 Å². The Morgan fingerprint density at radius 3 is 2.92 bits per heavy atom. The Hall–Kier alpha value is -2.47. The maximum atomic E-state index is 13.1. The molecule has 0 spiro atoms. The molecule has 0 aliphatic carbocycles. The number of aromatic nitrogens is 1. The van der Waals surface area contributed by atoms with Gasteiger partial charge in [-0.1, -0.05) is 18.2 Å². The molecule has 0 bridgehead atoms. The summed E-state index contributed by atoms with van der Waals surface area (Å²) in [4.78, 5) is 31.3. The largest absolute Gasteiger partial charge is 0.382 e. The first-order chi connectivity index (χ1) is 12.1. The highest BCUT2D eigenvalue weighted by molar-refractivity contribution is 5.98. The number of carbonyl (C=O) groups is 2. The van der Waals surface area contributed by atoms with Gasteiger partial charge in [-0.15, -0.1) is 0 Å². The molecule has 1 saturated heterocycles. The zero-order valence-electron chi connectivity index (χ0n) is 14.6. The van der Waals surface area contributed by atoms with Crippen LogP contribution in [0.4, 0.5) is 0 Å². The molecular weight excluding hydrogens is 318 g/mol. The molecular formula is C19H23N3O3. The molecule has 0 unspecified atom stereocenters. The summed E-state index contributed by atoms with van der Waals surface area (Å²) in [7, 11) is 3.21. The van der Waals surface area contributed by atoms with Crippen molar-refractivity contribution in [3.63, 3.8) is 0 Å². The van der Waals surface area contributed by atoms with Crippen molar-refractivity contribution in [3.8, 4) is 0 Å². The van der Waals surface area contributed by atoms with Gasteiger partial charge in [0.15, 0.2) is 0 Å². The van der Waals surface area contributed by atoms with E-state index in [2.05, 4.69) is 10.3 Å². The second-order valence-corrected chi connectivity index (χ2v) is 6.48. The molecule has 1 fully saturated rings. The van der Waals surface area contributed by atoms with Crippen LogP contribution in [0.1, 0.15) is 29.6 Å². The summed E-state index contributed by atoms with van der Waals surface area (Å²) in [5, 5.41) is 3.58. The third-order valence-electron chi connectivity index (χ3n) is 4.86. The van der Waals surface area contributed by atoms with Gasteiger partial charge in [0.2, 0.25) is 5.91 Å². The summed E-state index contributed by atoms with van der Waals surface area (Å²) in [6, 6.07) is 9.57. The Bertz CT molecular complexity index is 792. The summed E-state index contributed by atoms with van der Waals surface area (Å²) in [6.45, 7) is 0.958. The van der Waals surface area contributed by atoms with E-state index in [1.54, 1.807) is 25.3 Å². The number of carbonyl (C=O) groups excluding carboxylic acids is 2. The van der Waals surface area contributed by atoms with E-state index in [0.29, 0.717) is 18.7 Å². The summed E-state index contributed by atoms with van der Waals surface area (Å²) in [5.74, 6) is -0.190. The van der Waals surface area contributed by atoms with Gasteiger partial charge >= 0.3 is 0 Å². The van der Waals surface area contributed by atoms with Crippen LogP contribution in [0.15, 0.2) is 36.5 Å². The van der Waals surface area contributed by atoms with Crippen LogP contribution in [-0.2, 0) is 9.53 Å². The maximum absolute atomic E-state index is 13.1. The second-order valence-electron chi connectivity index (χ2n) is 6.48. The predicted octanol–water partition coefficient (Wildman–Crippen LogP) is 1.99. The van der Waals surface area contributed by atoms with Crippen LogP contribution in [0.25, 0.3) is 10.9 Å². The number of hydrogen-bond acceptors (Lipinski definition) is 4. The Kier molecular flexibility index (Phi) is 4.99. The standard InChI is InChI=1S/C19H23N3O3/c1-20-17(23)11-19(13-25-2)8-5-9-22(19)18(24)15-10-14-6-3-4-7-16(14)21-12-15/h3-4,6-7,10,12H,5,8-9,11,13H2,1-2H3,(H,20,23)/t19-/m1/s1. The van der Waals surface area contributed by atoms with Crippen LogP contribution in [0.2, 0.25) is 0 Å². The number of benzene rings is 1. The Labute approximate surface area is 147 Å². The number of likely N-dealkylation sites (tertiary alicyclic amines) is 1. The quantitative estimate of drug-likeness (QED) is 0.903. The highest BCUT2D eigenvalue weighted by atomic mass is 16.5. The normalized spacial score (nSPS) is 20.0. The van der Waals surface area contributed by atoms with E-state index in [-0.39, 0.29) is 18.2 Å². The zero-order valence-corrected chi connectivity index (χ0v) is 14.6. The topological polar surface area (TPSA) is 71.5 Å². The number of nitrogens with one attached hydrogen (secondary N) is 1. The van der Waals surface area contributed by atoms with Crippen molar-refractivity contribution in [1.82, 2.24) is 15.2 Å². The van der Waals surface area contributed by atoms with E-state index < -0.39 is 5.54 Å². The second kappa shape index (κ2) is 7.19. The molecule has 0 saturated carbocycles. The van der Waals surface area contributed by atoms with E-state index in [9.17, 15) is 9.59 Å². The number of pyridine rings is 1. The summed E-state index contributed by atoms with van der Waals surface area (Å²) in [6.07, 6.45) is 3.46. The predicted molar refractivity (Wildman–Crippen MR) is 95.3 cm³/mol. The molecule has 25 heavy (non-hydrogen) atoms. The van der Waals surface area contributed by atoms with Crippen LogP contribution < -0.4 is 5.32 Å². The van der Waals surface area contributed by atoms with Gasteiger partial charge in [-0.25, -0.2) is 0 Å². The van der Waals surface area contributed by atoms with Crippen molar-refractivity contribution in [2.24, 2.45) is 0 Å². The van der Waals surface area contributed by atoms with Gasteiger partial charge < -0.3 is 15.0 Å². The Morgan fingerprint density at radius 1 is 1.36 bits per heavy atom. The number of ether oxygens (including phenoxy) is 1. The Balaban J connectivity index is 1.93. The molecule has 1 atom stereocenters. The van der Waals surface area contributed by atoms with Gasteiger partial charge in [0, 0.05) is 32.3 Å². The van der Waals surface area contributed by atoms with Gasteiger partial charge in [-0.3, -0.25) is 14.6 Å². The molecule has 6 nitrogen and oxygen atoms in total. The molecule has 1 aromatic heterocycles. The van der Waals surface area contributed by atoms with Crippen LogP contribution in [-0.4, -0.2) is 54.5 Å². The number of hydrogen-bond donors (Lipinski definition) is 1. The van der Waals surface area contributed by atoms with Gasteiger partial charge in [-0.2, -0.15) is 0 Å². The number of para-hydroxylation sites is 1. The fourth-order valence-corrected chi connectivity index (χ4v) is 3.64. The van der Waals surface area contributed by atoms with E-state index in [0.717, 1.165) is 23.7 Å². The number of nitrogens with zero attached hydrogens (tertiary/aromatic N) is 2. The van der Waals surface area contributed by atoms with Crippen molar-refractivity contribution in [2.45, 2.75) is 24.8 Å². The highest BCUT2D eigenvalue weighted by Gasteiger charge is 2.45. The lowest BCUT2D eigenvalue weighted by atomic mass is 9.91. The third-order valence-corrected chi connectivity index (χ3v) is 4.86. The van der Waals surface area contributed by atoms with Crippen molar-refractivity contribution in [3.05, 3.63) is 42.1 Å². The smallest absolute Gasteiger partial charge is 0.255 e. The first-order valence-corrected chi connectivity index (χ1v) is 8.46. The zero-order chi connectivity index (χ0) is 17.9. The lowest BCUT2D eigenvalue weighted by molar-refractivity contribution is -0.123. The average molecular weight is 341 g/mol. The molecule has 1 aromatic carbocycles. The molecule has 3 rings (SSSR count). The number of methoxy groups -OCH3 is 1. The van der Waals surface area contributed by atoms with Crippen LogP contribution in [0, 0.1) is 0 Å². The van der Waals surface area contributed by atoms with Gasteiger partial charge in [0.05, 0.1) is 29.6 Å². The van der Waals surface area contributed by atoms with Crippen molar-refractivity contribution >= 4 is 22.7 Å². The fourth-order valence-electron chi connectivity index (χ4n) is 3.64. The minimum Gasteiger partial charge on any atom is -0.382 e. The summed E-state index contributed by atoms with van der Waals surface area (Å²) in [5.41, 5.74) is 0.796. The lowest BCUT2D eigenvalue weighted by Gasteiger charge is -2.37. The number of rotatable bonds is 5. The van der Waals surface area contributed by atoms with Crippen LogP contribution in [0.3, 0.4) is 0 Å². The van der Waals surface area contributed by atoms with E-state index in [4.69, 9.17) is 4.74 Å². The van der Waals surface area contributed by atoms with E-state index in [1.165, 1.54) is 0 Å². The molecule has 1 aliphatic heterocycles. The first kappa shape index (κ1) is 17.4. The lowest BCUT2D eigenvalue weighted by Crippen LogP contribution is -2.52. The molecule has 0 radical (unpaired) electrons. The third kappa shape index (κ3) is 3.35. The molecule has 2 heterocycles. The van der Waals surface area contributed by atoms with Crippen LogP contribution >= 0.6 is 0 Å². The molecule has 1 aliphatic rings. The summed E-state index contributed by atoms with van der Waals surface area (Å²) >= 11 is 0. The minimum atomic E-state index is -0.600. The van der Waals surface area contributed by atoms with E-state index >= 15 is 0 Å². The maximum Gasteiger partial charge on any atom is 0.255 e. The number of fused-ring (bicyclic) bond motifs is 1. The SMILES string of the molecule is CNC(=O)C[C@@]1(COC)CCCN1C(=O)c1cnc2ccccc2c1. The highest BCUT2D eigenvalue weighted by Crippen LogP contribution is 2.34. The van der Waals surface area contributed by atoms with Crippen molar-refractivity contribution in [1.29, 1.82) is 0 Å². The van der Waals surface area contributed by atoms with Gasteiger partial charge in [0.25, 0.3) is 5.91 Å². The monoisotopic (exact) mass is 341 g/mol. The van der Waals surface area contributed by atoms with Gasteiger partial charge in [0.1, 0.15) is 0 Å².